The zero-order chi connectivity index (χ0) is 22.8. The first kappa shape index (κ1) is 23.1. The number of methoxy groups -OCH3 is 3. The van der Waals surface area contributed by atoms with Crippen molar-refractivity contribution in [2.75, 3.05) is 27.1 Å². The summed E-state index contributed by atoms with van der Waals surface area (Å²) in [6.45, 7) is 0. The highest BCUT2D eigenvalue weighted by Crippen LogP contribution is 2.35. The molecule has 2 N–H and O–H groups in total. The van der Waals surface area contributed by atoms with Gasteiger partial charge in [0.2, 0.25) is 0 Å². The Labute approximate surface area is 191 Å². The molecule has 166 valence electrons. The molecule has 2 aromatic rings. The van der Waals surface area contributed by atoms with Gasteiger partial charge in [0.05, 0.1) is 42.5 Å². The topological polar surface area (TPSA) is 120 Å². The second kappa shape index (κ2) is 9.28. The summed E-state index contributed by atoms with van der Waals surface area (Å²) in [7, 11) is 0.287. The van der Waals surface area contributed by atoms with Gasteiger partial charge in [0.15, 0.2) is 21.3 Å². The highest BCUT2D eigenvalue weighted by Gasteiger charge is 2.36. The minimum atomic E-state index is -3.83. The number of benzene rings is 1. The van der Waals surface area contributed by atoms with Crippen molar-refractivity contribution in [3.05, 3.63) is 51.0 Å². The Morgan fingerprint density at radius 2 is 1.84 bits per heavy atom. The maximum Gasteiger partial charge on any atom is 0.338 e. The molecule has 0 spiro atoms. The first-order valence-corrected chi connectivity index (χ1v) is 12.0. The molecule has 1 aromatic heterocycles. The Hall–Kier alpha value is -2.57. The highest BCUT2D eigenvalue weighted by molar-refractivity contribution is 9.11. The van der Waals surface area contributed by atoms with Crippen LogP contribution >= 0.6 is 27.3 Å². The molecule has 0 fully saturated rings. The van der Waals surface area contributed by atoms with E-state index in [0.717, 1.165) is 11.3 Å². The van der Waals surface area contributed by atoms with Crippen LogP contribution in [0.15, 0.2) is 49.6 Å². The van der Waals surface area contributed by atoms with Crippen LogP contribution in [0.2, 0.25) is 0 Å². The van der Waals surface area contributed by atoms with Gasteiger partial charge in [-0.3, -0.25) is 0 Å². The van der Waals surface area contributed by atoms with Crippen LogP contribution in [0.4, 0.5) is 4.79 Å². The fourth-order valence-corrected chi connectivity index (χ4v) is 6.51. The van der Waals surface area contributed by atoms with E-state index < -0.39 is 33.6 Å². The highest BCUT2D eigenvalue weighted by atomic mass is 79.9. The number of nitrogens with one attached hydrogen (secondary N) is 2. The van der Waals surface area contributed by atoms with Gasteiger partial charge in [-0.25, -0.2) is 18.0 Å². The third-order valence-electron chi connectivity index (χ3n) is 4.49. The van der Waals surface area contributed by atoms with Gasteiger partial charge in [-0.05, 0) is 45.8 Å². The zero-order valence-corrected chi connectivity index (χ0v) is 19.9. The smallest absolute Gasteiger partial charge is 0.338 e. The molecule has 0 saturated heterocycles. The van der Waals surface area contributed by atoms with E-state index >= 15 is 0 Å². The van der Waals surface area contributed by atoms with E-state index in [1.165, 1.54) is 27.4 Å². The standard InChI is InChI=1S/C19H19BrN2O7S2/c1-27-12-5-4-10(8-13(12)28-2)17-16(18(23)29-3)11(21-19(24)22-17)9-31(25,26)15-7-6-14(20)30-15/h4-8,17H,9H2,1-3H3,(H2,21,22,24). The summed E-state index contributed by atoms with van der Waals surface area (Å²) < 4.78 is 42.0. The monoisotopic (exact) mass is 530 g/mol. The van der Waals surface area contributed by atoms with E-state index in [9.17, 15) is 18.0 Å². The Morgan fingerprint density at radius 1 is 1.13 bits per heavy atom. The third-order valence-corrected chi connectivity index (χ3v) is 8.34. The van der Waals surface area contributed by atoms with Gasteiger partial charge < -0.3 is 24.8 Å². The van der Waals surface area contributed by atoms with Crippen molar-refractivity contribution < 1.29 is 32.2 Å². The SMILES string of the molecule is COC(=O)C1=C(CS(=O)(=O)c2ccc(Br)s2)NC(=O)NC1c1ccc(OC)c(OC)c1. The van der Waals surface area contributed by atoms with Crippen molar-refractivity contribution >= 4 is 49.1 Å². The van der Waals surface area contributed by atoms with Crippen LogP contribution < -0.4 is 20.1 Å². The number of hydrogen-bond donors (Lipinski definition) is 2. The van der Waals surface area contributed by atoms with E-state index in [1.807, 2.05) is 0 Å². The summed E-state index contributed by atoms with van der Waals surface area (Å²) in [6, 6.07) is 6.32. The number of ether oxygens (including phenoxy) is 3. The van der Waals surface area contributed by atoms with E-state index in [0.29, 0.717) is 20.8 Å². The van der Waals surface area contributed by atoms with Crippen LogP contribution in [-0.4, -0.2) is 47.5 Å². The van der Waals surface area contributed by atoms with Crippen LogP contribution in [0, 0.1) is 0 Å². The molecule has 0 aliphatic carbocycles. The Kier molecular flexibility index (Phi) is 6.92. The Bertz CT molecular complexity index is 1160. The molecular formula is C19H19BrN2O7S2. The lowest BCUT2D eigenvalue weighted by Gasteiger charge is -2.29. The molecule has 0 bridgehead atoms. The van der Waals surface area contributed by atoms with Gasteiger partial charge in [0.1, 0.15) is 4.21 Å². The van der Waals surface area contributed by atoms with Crippen molar-refractivity contribution in [3.8, 4) is 11.5 Å². The van der Waals surface area contributed by atoms with E-state index in [4.69, 9.17) is 14.2 Å². The molecule has 12 heteroatoms. The predicted octanol–water partition coefficient (Wildman–Crippen LogP) is 2.78. The normalized spacial score (nSPS) is 16.4. The number of urea groups is 1. The lowest BCUT2D eigenvalue weighted by atomic mass is 9.95. The fourth-order valence-electron chi connectivity index (χ4n) is 3.09. The van der Waals surface area contributed by atoms with Gasteiger partial charge in [-0.1, -0.05) is 6.07 Å². The fraction of sp³-hybridized carbons (Fsp3) is 0.263. The number of carbonyl (C=O) groups excluding carboxylic acids is 2. The van der Waals surface area contributed by atoms with Gasteiger partial charge >= 0.3 is 12.0 Å². The number of hydrogen-bond acceptors (Lipinski definition) is 8. The quantitative estimate of drug-likeness (QED) is 0.528. The molecule has 31 heavy (non-hydrogen) atoms. The average Bonchev–Trinajstić information content (AvgIpc) is 3.19. The summed E-state index contributed by atoms with van der Waals surface area (Å²) in [5.74, 6) is -0.512. The number of sulfone groups is 1. The number of esters is 1. The van der Waals surface area contributed by atoms with Crippen molar-refractivity contribution in [1.29, 1.82) is 0 Å². The van der Waals surface area contributed by atoms with E-state index in [1.54, 1.807) is 24.3 Å². The molecule has 1 aliphatic rings. The van der Waals surface area contributed by atoms with Crippen molar-refractivity contribution in [3.63, 3.8) is 0 Å². The second-order valence-electron chi connectivity index (χ2n) is 6.35. The molecule has 1 aromatic carbocycles. The summed E-state index contributed by atoms with van der Waals surface area (Å²) in [5.41, 5.74) is 0.412. The lowest BCUT2D eigenvalue weighted by molar-refractivity contribution is -0.136. The van der Waals surface area contributed by atoms with Gasteiger partial charge in [-0.15, -0.1) is 11.3 Å². The van der Waals surface area contributed by atoms with Crippen LogP contribution in [0.5, 0.6) is 11.5 Å². The summed E-state index contributed by atoms with van der Waals surface area (Å²) in [6.07, 6.45) is 0. The van der Waals surface area contributed by atoms with Gasteiger partial charge in [0, 0.05) is 5.70 Å². The van der Waals surface area contributed by atoms with Crippen LogP contribution in [-0.2, 0) is 19.4 Å². The van der Waals surface area contributed by atoms with Gasteiger partial charge in [0.25, 0.3) is 0 Å². The largest absolute Gasteiger partial charge is 0.493 e. The van der Waals surface area contributed by atoms with Crippen molar-refractivity contribution in [1.82, 2.24) is 10.6 Å². The molecule has 9 nitrogen and oxygen atoms in total. The summed E-state index contributed by atoms with van der Waals surface area (Å²) in [4.78, 5) is 25.0. The van der Waals surface area contributed by atoms with E-state index in [2.05, 4.69) is 26.6 Å². The molecule has 0 saturated carbocycles. The molecule has 1 unspecified atom stereocenters. The lowest BCUT2D eigenvalue weighted by Crippen LogP contribution is -2.47. The average molecular weight is 531 g/mol. The minimum Gasteiger partial charge on any atom is -0.493 e. The number of carbonyl (C=O) groups is 2. The Balaban J connectivity index is 2.11. The first-order chi connectivity index (χ1) is 14.7. The zero-order valence-electron chi connectivity index (χ0n) is 16.7. The molecule has 3 rings (SSSR count). The van der Waals surface area contributed by atoms with Crippen LogP contribution in [0.1, 0.15) is 11.6 Å². The molecular weight excluding hydrogens is 512 g/mol. The van der Waals surface area contributed by atoms with Gasteiger partial charge in [-0.2, -0.15) is 0 Å². The predicted molar refractivity (Wildman–Crippen MR) is 117 cm³/mol. The Morgan fingerprint density at radius 3 is 2.42 bits per heavy atom. The molecule has 1 aliphatic heterocycles. The number of halogens is 1. The number of amides is 2. The summed E-state index contributed by atoms with van der Waals surface area (Å²) in [5, 5.41) is 5.09. The first-order valence-electron chi connectivity index (χ1n) is 8.79. The van der Waals surface area contributed by atoms with Crippen molar-refractivity contribution in [2.24, 2.45) is 0 Å². The number of rotatable bonds is 7. The van der Waals surface area contributed by atoms with E-state index in [-0.39, 0.29) is 15.5 Å². The number of thiophene rings is 1. The third kappa shape index (κ3) is 4.86. The van der Waals surface area contributed by atoms with Crippen molar-refractivity contribution in [2.45, 2.75) is 10.3 Å². The molecule has 2 heterocycles. The molecule has 0 radical (unpaired) electrons. The molecule has 1 atom stereocenters. The summed E-state index contributed by atoms with van der Waals surface area (Å²) >= 11 is 4.27. The maximum absolute atomic E-state index is 12.9. The van der Waals surface area contributed by atoms with Crippen LogP contribution in [0.25, 0.3) is 0 Å². The molecule has 2 amide bonds. The maximum atomic E-state index is 12.9. The minimum absolute atomic E-state index is 0.0199. The van der Waals surface area contributed by atoms with Crippen LogP contribution in [0.3, 0.4) is 0 Å². The second-order valence-corrected chi connectivity index (χ2v) is 11.0.